The van der Waals surface area contributed by atoms with Crippen molar-refractivity contribution in [2.24, 2.45) is 0 Å². The Labute approximate surface area is 129 Å². The Morgan fingerprint density at radius 2 is 2.19 bits per heavy atom. The molecule has 0 bridgehead atoms. The first kappa shape index (κ1) is 16.2. The van der Waals surface area contributed by atoms with E-state index in [1.807, 2.05) is 6.92 Å². The lowest BCUT2D eigenvalue weighted by Gasteiger charge is -2.08. The summed E-state index contributed by atoms with van der Waals surface area (Å²) >= 11 is 1.45. The molecule has 0 fully saturated rings. The van der Waals surface area contributed by atoms with Gasteiger partial charge in [0.25, 0.3) is 0 Å². The molecule has 0 spiro atoms. The second kappa shape index (κ2) is 7.17. The highest BCUT2D eigenvalue weighted by molar-refractivity contribution is 7.89. The van der Waals surface area contributed by atoms with Gasteiger partial charge in [-0.05, 0) is 31.3 Å². The summed E-state index contributed by atoms with van der Waals surface area (Å²) in [5.74, 6) is 0. The van der Waals surface area contributed by atoms with E-state index < -0.39 is 10.0 Å². The van der Waals surface area contributed by atoms with Gasteiger partial charge >= 0.3 is 0 Å². The van der Waals surface area contributed by atoms with Gasteiger partial charge in [0.2, 0.25) is 10.0 Å². The predicted molar refractivity (Wildman–Crippen MR) is 83.7 cm³/mol. The molecule has 3 N–H and O–H groups in total. The number of nitrogens with zero attached hydrogens (tertiary/aromatic N) is 1. The molecule has 0 aromatic carbocycles. The van der Waals surface area contributed by atoms with Crippen LogP contribution in [0.25, 0.3) is 0 Å². The molecule has 0 unspecified atom stereocenters. The minimum absolute atomic E-state index is 0.238. The Hall–Kier alpha value is -1.22. The Bertz CT molecular complexity index is 676. The smallest absolute Gasteiger partial charge is 0.242 e. The lowest BCUT2D eigenvalue weighted by molar-refractivity contribution is 0.579. The van der Waals surface area contributed by atoms with E-state index in [1.165, 1.54) is 11.3 Å². The van der Waals surface area contributed by atoms with Crippen LogP contribution in [-0.4, -0.2) is 25.2 Å². The van der Waals surface area contributed by atoms with E-state index in [4.69, 9.17) is 0 Å². The number of sulfonamides is 1. The molecule has 2 aromatic rings. The fraction of sp³-hybridized carbons (Fsp3) is 0.462. The number of rotatable bonds is 8. The first-order valence-electron chi connectivity index (χ1n) is 6.80. The molecule has 8 heteroatoms. The summed E-state index contributed by atoms with van der Waals surface area (Å²) < 4.78 is 27.4. The molecule has 0 radical (unpaired) electrons. The fourth-order valence-corrected chi connectivity index (χ4v) is 4.30. The van der Waals surface area contributed by atoms with E-state index in [2.05, 4.69) is 27.2 Å². The highest BCUT2D eigenvalue weighted by atomic mass is 32.2. The average Bonchev–Trinajstić information content (AvgIpc) is 3.06. The molecule has 21 heavy (non-hydrogen) atoms. The van der Waals surface area contributed by atoms with Crippen molar-refractivity contribution in [1.29, 1.82) is 0 Å². The predicted octanol–water partition coefficient (Wildman–Crippen LogP) is 1.76. The van der Waals surface area contributed by atoms with Crippen molar-refractivity contribution in [2.45, 2.75) is 38.3 Å². The number of aryl methyl sites for hydroxylation is 1. The largest absolute Gasteiger partial charge is 0.312 e. The van der Waals surface area contributed by atoms with Gasteiger partial charge in [-0.3, -0.25) is 5.10 Å². The average molecular weight is 328 g/mol. The minimum Gasteiger partial charge on any atom is -0.312 e. The van der Waals surface area contributed by atoms with Crippen molar-refractivity contribution >= 4 is 21.4 Å². The van der Waals surface area contributed by atoms with Crippen molar-refractivity contribution in [1.82, 2.24) is 20.2 Å². The van der Waals surface area contributed by atoms with E-state index in [1.54, 1.807) is 17.6 Å². The quantitative estimate of drug-likeness (QED) is 0.644. The van der Waals surface area contributed by atoms with Gasteiger partial charge in [-0.2, -0.15) is 5.10 Å². The first-order valence-corrected chi connectivity index (χ1v) is 9.16. The summed E-state index contributed by atoms with van der Waals surface area (Å²) in [6.07, 6.45) is 2.65. The lowest BCUT2D eigenvalue weighted by atomic mass is 10.3. The van der Waals surface area contributed by atoms with Crippen LogP contribution in [0.2, 0.25) is 0 Å². The third-order valence-corrected chi connectivity index (χ3v) is 5.63. The molecule has 0 amide bonds. The Kier molecular flexibility index (Phi) is 5.51. The summed E-state index contributed by atoms with van der Waals surface area (Å²) in [7, 11) is -3.50. The van der Waals surface area contributed by atoms with Crippen LogP contribution in [0.15, 0.2) is 22.5 Å². The summed E-state index contributed by atoms with van der Waals surface area (Å²) in [6, 6.07) is 1.65. The van der Waals surface area contributed by atoms with E-state index >= 15 is 0 Å². The molecule has 0 aliphatic heterocycles. The van der Waals surface area contributed by atoms with Gasteiger partial charge in [0, 0.05) is 29.2 Å². The summed E-state index contributed by atoms with van der Waals surface area (Å²) in [5, 5.41) is 11.7. The van der Waals surface area contributed by atoms with Crippen molar-refractivity contribution in [2.75, 3.05) is 6.54 Å². The number of hydrogen-bond acceptors (Lipinski definition) is 5. The molecule has 0 saturated heterocycles. The number of aromatic amines is 1. The van der Waals surface area contributed by atoms with Crippen LogP contribution in [0.5, 0.6) is 0 Å². The van der Waals surface area contributed by atoms with Crippen LogP contribution < -0.4 is 10.0 Å². The third kappa shape index (κ3) is 4.13. The number of nitrogens with one attached hydrogen (secondary N) is 3. The molecular formula is C13H20N4O2S2. The highest BCUT2D eigenvalue weighted by Gasteiger charge is 2.19. The Morgan fingerprint density at radius 3 is 2.86 bits per heavy atom. The van der Waals surface area contributed by atoms with Crippen LogP contribution in [-0.2, 0) is 23.1 Å². The Balaban J connectivity index is 2.05. The van der Waals surface area contributed by atoms with Gasteiger partial charge in [0.05, 0.1) is 11.1 Å². The molecule has 6 nitrogen and oxygen atoms in total. The highest BCUT2D eigenvalue weighted by Crippen LogP contribution is 2.22. The van der Waals surface area contributed by atoms with E-state index in [0.717, 1.165) is 29.1 Å². The maximum Gasteiger partial charge on any atom is 0.242 e. The van der Waals surface area contributed by atoms with Gasteiger partial charge < -0.3 is 5.32 Å². The zero-order chi connectivity index (χ0) is 15.3. The standard InChI is InChI=1S/C13H20N4O2S2/c1-3-5-14-9-12-13(4-6-20-12)21(18,19)16-8-11-7-15-17-10(11)2/h4,6-7,14,16H,3,5,8-9H2,1-2H3,(H,15,17). The molecule has 2 heterocycles. The Morgan fingerprint density at radius 1 is 1.38 bits per heavy atom. The number of hydrogen-bond donors (Lipinski definition) is 3. The fourth-order valence-electron chi connectivity index (χ4n) is 1.88. The van der Waals surface area contributed by atoms with Gasteiger partial charge in [-0.25, -0.2) is 13.1 Å². The van der Waals surface area contributed by atoms with Gasteiger partial charge in [-0.15, -0.1) is 11.3 Å². The maximum atomic E-state index is 12.4. The zero-order valence-electron chi connectivity index (χ0n) is 12.1. The van der Waals surface area contributed by atoms with Crippen LogP contribution in [0.3, 0.4) is 0 Å². The van der Waals surface area contributed by atoms with Crippen molar-refractivity contribution < 1.29 is 8.42 Å². The zero-order valence-corrected chi connectivity index (χ0v) is 13.8. The van der Waals surface area contributed by atoms with E-state index in [9.17, 15) is 8.42 Å². The van der Waals surface area contributed by atoms with E-state index in [0.29, 0.717) is 11.4 Å². The minimum atomic E-state index is -3.50. The number of aromatic nitrogens is 2. The second-order valence-corrected chi connectivity index (χ2v) is 7.47. The summed E-state index contributed by atoms with van der Waals surface area (Å²) in [5.41, 5.74) is 1.72. The molecular weight excluding hydrogens is 308 g/mol. The van der Waals surface area contributed by atoms with Crippen LogP contribution >= 0.6 is 11.3 Å². The SMILES string of the molecule is CCCNCc1sccc1S(=O)(=O)NCc1cn[nH]c1C. The maximum absolute atomic E-state index is 12.4. The monoisotopic (exact) mass is 328 g/mol. The van der Waals surface area contributed by atoms with Crippen molar-refractivity contribution in [3.05, 3.63) is 33.8 Å². The molecule has 0 saturated carbocycles. The number of H-pyrrole nitrogens is 1. The molecule has 2 rings (SSSR count). The van der Waals surface area contributed by atoms with E-state index in [-0.39, 0.29) is 6.54 Å². The second-order valence-electron chi connectivity index (χ2n) is 4.73. The van der Waals surface area contributed by atoms with Crippen LogP contribution in [0.1, 0.15) is 29.5 Å². The summed E-state index contributed by atoms with van der Waals surface area (Å²) in [4.78, 5) is 1.19. The molecule has 2 aromatic heterocycles. The summed E-state index contributed by atoms with van der Waals surface area (Å²) in [6.45, 7) is 5.63. The number of thiophene rings is 1. The first-order chi connectivity index (χ1) is 10.0. The normalized spacial score (nSPS) is 11.9. The third-order valence-electron chi connectivity index (χ3n) is 3.09. The molecule has 0 aliphatic carbocycles. The van der Waals surface area contributed by atoms with Gasteiger partial charge in [0.1, 0.15) is 0 Å². The molecule has 0 aliphatic rings. The van der Waals surface area contributed by atoms with Gasteiger partial charge in [-0.1, -0.05) is 6.92 Å². The van der Waals surface area contributed by atoms with Crippen molar-refractivity contribution in [3.63, 3.8) is 0 Å². The molecule has 116 valence electrons. The van der Waals surface area contributed by atoms with Crippen molar-refractivity contribution in [3.8, 4) is 0 Å². The molecule has 0 atom stereocenters. The van der Waals surface area contributed by atoms with Crippen LogP contribution in [0, 0.1) is 6.92 Å². The van der Waals surface area contributed by atoms with Crippen LogP contribution in [0.4, 0.5) is 0 Å². The lowest BCUT2D eigenvalue weighted by Crippen LogP contribution is -2.25. The van der Waals surface area contributed by atoms with Gasteiger partial charge in [0.15, 0.2) is 0 Å². The topological polar surface area (TPSA) is 86.9 Å².